The summed E-state index contributed by atoms with van der Waals surface area (Å²) in [6, 6.07) is 23.3. The summed E-state index contributed by atoms with van der Waals surface area (Å²) >= 11 is 1.41. The average Bonchev–Trinajstić information content (AvgIpc) is 3.36. The lowest BCUT2D eigenvalue weighted by atomic mass is 10.1. The molecule has 2 heterocycles. The van der Waals surface area contributed by atoms with Crippen LogP contribution in [0.4, 0.5) is 0 Å². The molecule has 0 amide bonds. The van der Waals surface area contributed by atoms with E-state index in [0.717, 1.165) is 21.8 Å². The minimum atomic E-state index is -0.457. The van der Waals surface area contributed by atoms with Gasteiger partial charge in [-0.15, -0.1) is 11.3 Å². The van der Waals surface area contributed by atoms with E-state index in [4.69, 9.17) is 9.15 Å². The van der Waals surface area contributed by atoms with E-state index in [1.165, 1.54) is 18.4 Å². The predicted molar refractivity (Wildman–Crippen MR) is 102 cm³/mol. The van der Waals surface area contributed by atoms with Crippen LogP contribution in [0, 0.1) is 0 Å². The van der Waals surface area contributed by atoms with Crippen LogP contribution in [0.25, 0.3) is 32.5 Å². The van der Waals surface area contributed by atoms with E-state index < -0.39 is 5.97 Å². The van der Waals surface area contributed by atoms with Gasteiger partial charge in [-0.1, -0.05) is 60.7 Å². The number of hydrogen-bond acceptors (Lipinski definition) is 5. The minimum absolute atomic E-state index is 0.302. The zero-order valence-corrected chi connectivity index (χ0v) is 14.8. The van der Waals surface area contributed by atoms with Gasteiger partial charge >= 0.3 is 5.97 Å². The summed E-state index contributed by atoms with van der Waals surface area (Å²) in [4.78, 5) is 17.4. The van der Waals surface area contributed by atoms with Crippen LogP contribution in [-0.4, -0.2) is 18.1 Å². The molecular weight excluding hydrogens is 346 g/mol. The van der Waals surface area contributed by atoms with Gasteiger partial charge in [0.25, 0.3) is 0 Å². The first-order chi connectivity index (χ1) is 12.8. The lowest BCUT2D eigenvalue weighted by molar-refractivity contribution is 0.0596. The van der Waals surface area contributed by atoms with Crippen molar-refractivity contribution in [2.45, 2.75) is 0 Å². The molecule has 0 unspecified atom stereocenters. The van der Waals surface area contributed by atoms with Crippen molar-refractivity contribution >= 4 is 17.3 Å². The molecule has 0 N–H and O–H groups in total. The van der Waals surface area contributed by atoms with Crippen LogP contribution >= 0.6 is 11.3 Å². The smallest absolute Gasteiger partial charge is 0.358 e. The number of rotatable bonds is 4. The van der Waals surface area contributed by atoms with Crippen LogP contribution in [0.3, 0.4) is 0 Å². The molecule has 0 radical (unpaired) electrons. The molecule has 0 spiro atoms. The van der Waals surface area contributed by atoms with E-state index >= 15 is 0 Å². The van der Waals surface area contributed by atoms with Gasteiger partial charge in [0.1, 0.15) is 5.76 Å². The summed E-state index contributed by atoms with van der Waals surface area (Å²) in [5.74, 6) is 0.930. The van der Waals surface area contributed by atoms with Crippen molar-refractivity contribution < 1.29 is 13.9 Å². The summed E-state index contributed by atoms with van der Waals surface area (Å²) in [6.45, 7) is 0. The molecule has 4 rings (SSSR count). The largest absolute Gasteiger partial charge is 0.464 e. The molecule has 4 nitrogen and oxygen atoms in total. The molecule has 0 saturated heterocycles. The first kappa shape index (κ1) is 16.3. The van der Waals surface area contributed by atoms with Crippen LogP contribution in [0.1, 0.15) is 10.5 Å². The summed E-state index contributed by atoms with van der Waals surface area (Å²) < 4.78 is 10.9. The van der Waals surface area contributed by atoms with E-state index in [2.05, 4.69) is 4.98 Å². The number of furan rings is 1. The van der Waals surface area contributed by atoms with Gasteiger partial charge in [0.05, 0.1) is 12.0 Å². The number of benzene rings is 2. The molecule has 0 aliphatic rings. The number of methoxy groups -OCH3 is 1. The number of thiazole rings is 1. The number of carbonyl (C=O) groups is 1. The van der Waals surface area contributed by atoms with Crippen molar-refractivity contribution in [2.75, 3.05) is 7.11 Å². The number of ether oxygens (including phenoxy) is 1. The molecule has 0 bridgehead atoms. The number of carbonyl (C=O) groups excluding carboxylic acids is 1. The van der Waals surface area contributed by atoms with E-state index in [1.807, 2.05) is 72.8 Å². The SMILES string of the molecule is COC(=O)c1nc(-c2ccc(-c3ccccc3)o2)sc1-c1ccccc1. The third kappa shape index (κ3) is 3.05. The Morgan fingerprint density at radius 3 is 2.15 bits per heavy atom. The second kappa shape index (κ2) is 6.98. The Morgan fingerprint density at radius 1 is 0.885 bits per heavy atom. The maximum Gasteiger partial charge on any atom is 0.358 e. The van der Waals surface area contributed by atoms with E-state index in [-0.39, 0.29) is 0 Å². The molecule has 128 valence electrons. The Labute approximate surface area is 154 Å². The van der Waals surface area contributed by atoms with E-state index in [9.17, 15) is 4.79 Å². The van der Waals surface area contributed by atoms with Gasteiger partial charge in [0.15, 0.2) is 16.5 Å². The summed E-state index contributed by atoms with van der Waals surface area (Å²) in [7, 11) is 1.36. The van der Waals surface area contributed by atoms with Gasteiger partial charge in [0.2, 0.25) is 0 Å². The van der Waals surface area contributed by atoms with Crippen LogP contribution in [-0.2, 0) is 4.74 Å². The van der Waals surface area contributed by atoms with Gasteiger partial charge in [-0.05, 0) is 17.7 Å². The Bertz CT molecular complexity index is 1040. The first-order valence-electron chi connectivity index (χ1n) is 8.06. The van der Waals surface area contributed by atoms with Crippen molar-refractivity contribution in [2.24, 2.45) is 0 Å². The molecule has 2 aromatic carbocycles. The topological polar surface area (TPSA) is 52.3 Å². The monoisotopic (exact) mass is 361 g/mol. The van der Waals surface area contributed by atoms with Gasteiger partial charge in [0, 0.05) is 5.56 Å². The fourth-order valence-electron chi connectivity index (χ4n) is 2.66. The zero-order valence-electron chi connectivity index (χ0n) is 14.0. The van der Waals surface area contributed by atoms with Crippen LogP contribution in [0.2, 0.25) is 0 Å². The lowest BCUT2D eigenvalue weighted by Gasteiger charge is -1.99. The molecule has 26 heavy (non-hydrogen) atoms. The highest BCUT2D eigenvalue weighted by atomic mass is 32.1. The molecule has 4 aromatic rings. The molecular formula is C21H15NO3S. The highest BCUT2D eigenvalue weighted by Gasteiger charge is 2.22. The van der Waals surface area contributed by atoms with Gasteiger partial charge in [-0.3, -0.25) is 0 Å². The Morgan fingerprint density at radius 2 is 1.50 bits per heavy atom. The normalized spacial score (nSPS) is 10.7. The fraction of sp³-hybridized carbons (Fsp3) is 0.0476. The predicted octanol–water partition coefficient (Wildman–Crippen LogP) is 5.52. The number of esters is 1. The molecule has 0 atom stereocenters. The lowest BCUT2D eigenvalue weighted by Crippen LogP contribution is -2.03. The van der Waals surface area contributed by atoms with Crippen molar-refractivity contribution in [1.29, 1.82) is 0 Å². The molecule has 0 saturated carbocycles. The third-order valence-corrected chi connectivity index (χ3v) is 5.04. The Hall–Kier alpha value is -3.18. The van der Waals surface area contributed by atoms with E-state index in [1.54, 1.807) is 0 Å². The van der Waals surface area contributed by atoms with Crippen LogP contribution in [0.15, 0.2) is 77.2 Å². The second-order valence-corrected chi connectivity index (χ2v) is 6.58. The second-order valence-electron chi connectivity index (χ2n) is 5.58. The van der Waals surface area contributed by atoms with Crippen LogP contribution in [0.5, 0.6) is 0 Å². The number of hydrogen-bond donors (Lipinski definition) is 0. The summed E-state index contributed by atoms with van der Waals surface area (Å²) in [6.07, 6.45) is 0. The molecule has 0 aliphatic carbocycles. The van der Waals surface area contributed by atoms with Crippen molar-refractivity contribution in [3.05, 3.63) is 78.5 Å². The average molecular weight is 361 g/mol. The maximum atomic E-state index is 12.2. The van der Waals surface area contributed by atoms with Crippen molar-refractivity contribution in [1.82, 2.24) is 4.98 Å². The quantitative estimate of drug-likeness (QED) is 0.449. The molecule has 0 aliphatic heterocycles. The summed E-state index contributed by atoms with van der Waals surface area (Å²) in [5.41, 5.74) is 2.22. The standard InChI is InChI=1S/C21H15NO3S/c1-24-21(23)18-19(15-10-6-3-7-11-15)26-20(22-18)17-13-12-16(25-17)14-8-4-2-5-9-14/h2-13H,1H3. The van der Waals surface area contributed by atoms with E-state index in [0.29, 0.717) is 16.5 Å². The van der Waals surface area contributed by atoms with Crippen molar-refractivity contribution in [3.8, 4) is 32.5 Å². The Balaban J connectivity index is 1.77. The fourth-order valence-corrected chi connectivity index (χ4v) is 3.68. The van der Waals surface area contributed by atoms with Crippen molar-refractivity contribution in [3.63, 3.8) is 0 Å². The molecule has 2 aromatic heterocycles. The highest BCUT2D eigenvalue weighted by molar-refractivity contribution is 7.18. The maximum absolute atomic E-state index is 12.2. The number of aromatic nitrogens is 1. The minimum Gasteiger partial charge on any atom is -0.464 e. The van der Waals surface area contributed by atoms with Crippen LogP contribution < -0.4 is 0 Å². The number of nitrogens with zero attached hydrogens (tertiary/aromatic N) is 1. The third-order valence-electron chi connectivity index (χ3n) is 3.92. The molecule has 0 fully saturated rings. The summed E-state index contributed by atoms with van der Waals surface area (Å²) in [5, 5.41) is 0.645. The first-order valence-corrected chi connectivity index (χ1v) is 8.88. The van der Waals surface area contributed by atoms with Gasteiger partial charge in [-0.25, -0.2) is 9.78 Å². The van der Waals surface area contributed by atoms with Gasteiger partial charge < -0.3 is 9.15 Å². The zero-order chi connectivity index (χ0) is 17.9. The van der Waals surface area contributed by atoms with Gasteiger partial charge in [-0.2, -0.15) is 0 Å². The highest BCUT2D eigenvalue weighted by Crippen LogP contribution is 2.37. The Kier molecular flexibility index (Phi) is 4.37. The molecule has 5 heteroatoms.